The van der Waals surface area contributed by atoms with E-state index in [2.05, 4.69) is 50.7 Å². The molecule has 0 fully saturated rings. The number of nitrogens with zero attached hydrogens (tertiary/aromatic N) is 2. The Balaban J connectivity index is 2.35. The largest absolute Gasteiger partial charge is 0.448 e. The Morgan fingerprint density at radius 3 is 2.47 bits per heavy atom. The maximum absolute atomic E-state index is 5.54. The van der Waals surface area contributed by atoms with Gasteiger partial charge in [-0.05, 0) is 29.9 Å². The van der Waals surface area contributed by atoms with Gasteiger partial charge in [-0.3, -0.25) is 4.98 Å². The first-order valence-corrected chi connectivity index (χ1v) is 6.86. The molecule has 2 heterocycles. The Morgan fingerprint density at radius 1 is 1.11 bits per heavy atom. The molecule has 0 aromatic carbocycles. The van der Waals surface area contributed by atoms with Crippen LogP contribution in [0.5, 0.6) is 0 Å². The standard InChI is InChI=1S/C16H22N2O/c1-10(2)13-6-12(5)8-17-14(13)7-15-16(11(3)4)18-9-19-15/h6,8-11H,7H2,1-5H3. The van der Waals surface area contributed by atoms with E-state index in [0.717, 1.165) is 23.6 Å². The van der Waals surface area contributed by atoms with Crippen LogP contribution in [0.2, 0.25) is 0 Å². The molecular weight excluding hydrogens is 236 g/mol. The van der Waals surface area contributed by atoms with E-state index in [1.807, 2.05) is 6.20 Å². The fraction of sp³-hybridized carbons (Fsp3) is 0.500. The van der Waals surface area contributed by atoms with Gasteiger partial charge in [0.25, 0.3) is 0 Å². The third-order valence-corrected chi connectivity index (χ3v) is 3.31. The SMILES string of the molecule is Cc1cnc(Cc2ocnc2C(C)C)c(C(C)C)c1. The van der Waals surface area contributed by atoms with Gasteiger partial charge < -0.3 is 4.42 Å². The Kier molecular flexibility index (Phi) is 4.03. The molecule has 2 aromatic rings. The molecule has 2 aromatic heterocycles. The molecule has 2 rings (SSSR count). The average molecular weight is 258 g/mol. The lowest BCUT2D eigenvalue weighted by Gasteiger charge is -2.12. The molecule has 0 spiro atoms. The van der Waals surface area contributed by atoms with Gasteiger partial charge in [0.2, 0.25) is 0 Å². The zero-order valence-electron chi connectivity index (χ0n) is 12.4. The second-order valence-electron chi connectivity index (χ2n) is 5.70. The number of pyridine rings is 1. The summed E-state index contributed by atoms with van der Waals surface area (Å²) < 4.78 is 5.54. The van der Waals surface area contributed by atoms with Gasteiger partial charge in [-0.15, -0.1) is 0 Å². The van der Waals surface area contributed by atoms with Crippen molar-refractivity contribution in [2.24, 2.45) is 0 Å². The van der Waals surface area contributed by atoms with Crippen molar-refractivity contribution in [3.8, 4) is 0 Å². The number of aryl methyl sites for hydroxylation is 1. The van der Waals surface area contributed by atoms with Gasteiger partial charge in [0.05, 0.1) is 17.8 Å². The smallest absolute Gasteiger partial charge is 0.181 e. The van der Waals surface area contributed by atoms with Gasteiger partial charge in [0.1, 0.15) is 5.76 Å². The Hall–Kier alpha value is -1.64. The Labute approximate surface area is 115 Å². The summed E-state index contributed by atoms with van der Waals surface area (Å²) in [6.07, 6.45) is 4.18. The zero-order valence-corrected chi connectivity index (χ0v) is 12.4. The molecule has 0 unspecified atom stereocenters. The molecular formula is C16H22N2O. The van der Waals surface area contributed by atoms with Crippen LogP contribution in [-0.4, -0.2) is 9.97 Å². The summed E-state index contributed by atoms with van der Waals surface area (Å²) >= 11 is 0. The van der Waals surface area contributed by atoms with Crippen molar-refractivity contribution in [3.63, 3.8) is 0 Å². The van der Waals surface area contributed by atoms with Crippen LogP contribution < -0.4 is 0 Å². The minimum Gasteiger partial charge on any atom is -0.448 e. The first-order chi connectivity index (χ1) is 8.99. The van der Waals surface area contributed by atoms with E-state index >= 15 is 0 Å². The van der Waals surface area contributed by atoms with Gasteiger partial charge in [0, 0.05) is 6.20 Å². The minimum atomic E-state index is 0.377. The summed E-state index contributed by atoms with van der Waals surface area (Å²) in [7, 11) is 0. The van der Waals surface area contributed by atoms with E-state index in [1.54, 1.807) is 0 Å². The summed E-state index contributed by atoms with van der Waals surface area (Å²) in [6, 6.07) is 2.22. The van der Waals surface area contributed by atoms with Crippen LogP contribution in [0.3, 0.4) is 0 Å². The molecule has 102 valence electrons. The van der Waals surface area contributed by atoms with Gasteiger partial charge in [-0.25, -0.2) is 4.98 Å². The summed E-state index contributed by atoms with van der Waals surface area (Å²) in [5, 5.41) is 0. The molecule has 0 amide bonds. The number of hydrogen-bond acceptors (Lipinski definition) is 3. The van der Waals surface area contributed by atoms with Crippen molar-refractivity contribution in [3.05, 3.63) is 46.9 Å². The quantitative estimate of drug-likeness (QED) is 0.824. The van der Waals surface area contributed by atoms with E-state index in [1.165, 1.54) is 17.5 Å². The van der Waals surface area contributed by atoms with Crippen LogP contribution in [0.15, 0.2) is 23.1 Å². The molecule has 0 aliphatic heterocycles. The molecule has 3 heteroatoms. The van der Waals surface area contributed by atoms with E-state index < -0.39 is 0 Å². The topological polar surface area (TPSA) is 38.9 Å². The van der Waals surface area contributed by atoms with Gasteiger partial charge >= 0.3 is 0 Å². The summed E-state index contributed by atoms with van der Waals surface area (Å²) in [4.78, 5) is 8.90. The Bertz CT molecular complexity index is 556. The number of hydrogen-bond donors (Lipinski definition) is 0. The molecule has 3 nitrogen and oxygen atoms in total. The van der Waals surface area contributed by atoms with E-state index in [-0.39, 0.29) is 0 Å². The molecule has 0 saturated carbocycles. The van der Waals surface area contributed by atoms with E-state index in [4.69, 9.17) is 4.42 Å². The lowest BCUT2D eigenvalue weighted by atomic mass is 9.96. The molecule has 0 saturated heterocycles. The van der Waals surface area contributed by atoms with E-state index in [0.29, 0.717) is 11.8 Å². The fourth-order valence-corrected chi connectivity index (χ4v) is 2.30. The van der Waals surface area contributed by atoms with Gasteiger partial charge in [-0.1, -0.05) is 33.8 Å². The molecule has 0 aliphatic carbocycles. The maximum atomic E-state index is 5.54. The normalized spacial score (nSPS) is 11.5. The number of aromatic nitrogens is 2. The zero-order chi connectivity index (χ0) is 14.0. The van der Waals surface area contributed by atoms with Crippen molar-refractivity contribution in [2.45, 2.75) is 52.9 Å². The maximum Gasteiger partial charge on any atom is 0.181 e. The third kappa shape index (κ3) is 3.03. The van der Waals surface area contributed by atoms with Crippen LogP contribution >= 0.6 is 0 Å². The first kappa shape index (κ1) is 13.8. The van der Waals surface area contributed by atoms with Crippen LogP contribution in [0, 0.1) is 6.92 Å². The lowest BCUT2D eigenvalue weighted by Crippen LogP contribution is -2.03. The summed E-state index contributed by atoms with van der Waals surface area (Å²) in [6.45, 7) is 10.7. The van der Waals surface area contributed by atoms with Crippen LogP contribution in [-0.2, 0) is 6.42 Å². The van der Waals surface area contributed by atoms with Crippen LogP contribution in [0.25, 0.3) is 0 Å². The molecule has 0 N–H and O–H groups in total. The van der Waals surface area contributed by atoms with Gasteiger partial charge in [0.15, 0.2) is 6.39 Å². The Morgan fingerprint density at radius 2 is 1.84 bits per heavy atom. The van der Waals surface area contributed by atoms with Crippen molar-refractivity contribution >= 4 is 0 Å². The lowest BCUT2D eigenvalue weighted by molar-refractivity contribution is 0.507. The van der Waals surface area contributed by atoms with Crippen molar-refractivity contribution < 1.29 is 4.42 Å². The highest BCUT2D eigenvalue weighted by Gasteiger charge is 2.16. The minimum absolute atomic E-state index is 0.377. The molecule has 0 bridgehead atoms. The monoisotopic (exact) mass is 258 g/mol. The highest BCUT2D eigenvalue weighted by atomic mass is 16.3. The summed E-state index contributed by atoms with van der Waals surface area (Å²) in [5.41, 5.74) is 4.64. The second-order valence-corrected chi connectivity index (χ2v) is 5.70. The van der Waals surface area contributed by atoms with Gasteiger partial charge in [-0.2, -0.15) is 0 Å². The first-order valence-electron chi connectivity index (χ1n) is 6.86. The number of oxazole rings is 1. The third-order valence-electron chi connectivity index (χ3n) is 3.31. The van der Waals surface area contributed by atoms with Crippen LogP contribution in [0.1, 0.15) is 67.8 Å². The molecule has 0 aliphatic rings. The van der Waals surface area contributed by atoms with Crippen molar-refractivity contribution in [1.82, 2.24) is 9.97 Å². The number of rotatable bonds is 4. The van der Waals surface area contributed by atoms with Crippen molar-refractivity contribution in [1.29, 1.82) is 0 Å². The highest BCUT2D eigenvalue weighted by Crippen LogP contribution is 2.25. The highest BCUT2D eigenvalue weighted by molar-refractivity contribution is 5.31. The predicted molar refractivity (Wildman–Crippen MR) is 76.5 cm³/mol. The molecule has 19 heavy (non-hydrogen) atoms. The molecule has 0 radical (unpaired) electrons. The average Bonchev–Trinajstić information content (AvgIpc) is 2.79. The van der Waals surface area contributed by atoms with Crippen LogP contribution in [0.4, 0.5) is 0 Å². The van der Waals surface area contributed by atoms with E-state index in [9.17, 15) is 0 Å². The fourth-order valence-electron chi connectivity index (χ4n) is 2.30. The van der Waals surface area contributed by atoms with Crippen molar-refractivity contribution in [2.75, 3.05) is 0 Å². The predicted octanol–water partition coefficient (Wildman–Crippen LogP) is 4.22. The second kappa shape index (κ2) is 5.55. The summed E-state index contributed by atoms with van der Waals surface area (Å²) in [5.74, 6) is 1.78. The molecule has 0 atom stereocenters.